The van der Waals surface area contributed by atoms with Crippen molar-refractivity contribution in [3.8, 4) is 5.69 Å². The molecule has 2 amide bonds. The van der Waals surface area contributed by atoms with Gasteiger partial charge in [0.25, 0.3) is 17.4 Å². The number of carbonyl (C=O) groups is 2. The van der Waals surface area contributed by atoms with Gasteiger partial charge in [0.2, 0.25) is 0 Å². The maximum absolute atomic E-state index is 13.0. The smallest absolute Gasteiger partial charge is 0.267 e. The molecule has 3 aromatic rings. The third-order valence-corrected chi connectivity index (χ3v) is 5.82. The van der Waals surface area contributed by atoms with E-state index in [1.165, 1.54) is 17.4 Å². The predicted octanol–water partition coefficient (Wildman–Crippen LogP) is 4.54. The van der Waals surface area contributed by atoms with Gasteiger partial charge in [-0.15, -0.1) is 0 Å². The second-order valence-electron chi connectivity index (χ2n) is 8.13. The van der Waals surface area contributed by atoms with Crippen molar-refractivity contribution in [3.63, 3.8) is 0 Å². The molecule has 2 N–H and O–H groups in total. The van der Waals surface area contributed by atoms with Crippen LogP contribution in [0.4, 0.5) is 5.69 Å². The molecule has 0 bridgehead atoms. The minimum Gasteiger partial charge on any atom is -0.349 e. The van der Waals surface area contributed by atoms with Crippen LogP contribution in [-0.4, -0.2) is 22.4 Å². The normalized spacial score (nSPS) is 14.4. The van der Waals surface area contributed by atoms with E-state index in [4.69, 9.17) is 0 Å². The summed E-state index contributed by atoms with van der Waals surface area (Å²) < 4.78 is 1.45. The highest BCUT2D eigenvalue weighted by Crippen LogP contribution is 2.18. The fourth-order valence-corrected chi connectivity index (χ4v) is 4.06. The molecule has 4 rings (SSSR count). The first-order chi connectivity index (χ1) is 15.6. The Labute approximate surface area is 187 Å². The number of hydrogen-bond acceptors (Lipinski definition) is 3. The number of benzene rings is 2. The zero-order chi connectivity index (χ0) is 22.3. The van der Waals surface area contributed by atoms with E-state index in [1.54, 1.807) is 54.7 Å². The van der Waals surface area contributed by atoms with Crippen LogP contribution < -0.4 is 16.2 Å². The molecule has 1 aliphatic rings. The molecule has 1 aliphatic carbocycles. The average molecular weight is 430 g/mol. The number of pyridine rings is 1. The Bertz CT molecular complexity index is 1130. The number of carbonyl (C=O) groups excluding carboxylic acids is 2. The summed E-state index contributed by atoms with van der Waals surface area (Å²) >= 11 is 0. The molecular weight excluding hydrogens is 402 g/mol. The predicted molar refractivity (Wildman–Crippen MR) is 125 cm³/mol. The number of nitrogens with zero attached hydrogens (tertiary/aromatic N) is 1. The van der Waals surface area contributed by atoms with E-state index in [0.29, 0.717) is 16.9 Å². The van der Waals surface area contributed by atoms with Gasteiger partial charge in [0.15, 0.2) is 0 Å². The largest absolute Gasteiger partial charge is 0.349 e. The molecule has 0 saturated heterocycles. The molecule has 6 heteroatoms. The van der Waals surface area contributed by atoms with Crippen molar-refractivity contribution in [1.29, 1.82) is 0 Å². The van der Waals surface area contributed by atoms with E-state index in [0.717, 1.165) is 25.7 Å². The third kappa shape index (κ3) is 5.14. The summed E-state index contributed by atoms with van der Waals surface area (Å²) in [4.78, 5) is 38.1. The third-order valence-electron chi connectivity index (χ3n) is 5.82. The maximum atomic E-state index is 13.0. The van der Waals surface area contributed by atoms with Crippen molar-refractivity contribution in [1.82, 2.24) is 9.88 Å². The van der Waals surface area contributed by atoms with Crippen LogP contribution in [0.2, 0.25) is 0 Å². The Morgan fingerprint density at radius 2 is 1.47 bits per heavy atom. The molecule has 1 saturated carbocycles. The van der Waals surface area contributed by atoms with E-state index in [1.807, 2.05) is 18.2 Å². The summed E-state index contributed by atoms with van der Waals surface area (Å²) in [5.74, 6) is -0.518. The van der Waals surface area contributed by atoms with Gasteiger partial charge in [-0.2, -0.15) is 0 Å². The van der Waals surface area contributed by atoms with Crippen LogP contribution in [0.25, 0.3) is 5.69 Å². The van der Waals surface area contributed by atoms with E-state index < -0.39 is 0 Å². The van der Waals surface area contributed by atoms with Gasteiger partial charge < -0.3 is 10.6 Å². The number of anilines is 1. The first kappa shape index (κ1) is 21.6. The minimum absolute atomic E-state index is 0.130. The topological polar surface area (TPSA) is 80.2 Å². The van der Waals surface area contributed by atoms with Gasteiger partial charge in [-0.1, -0.05) is 43.9 Å². The summed E-state index contributed by atoms with van der Waals surface area (Å²) in [7, 11) is 0. The molecule has 6 nitrogen and oxygen atoms in total. The van der Waals surface area contributed by atoms with Gasteiger partial charge in [0, 0.05) is 29.2 Å². The first-order valence-corrected chi connectivity index (χ1v) is 11.1. The fraction of sp³-hybridized carbons (Fsp3) is 0.269. The zero-order valence-electron chi connectivity index (χ0n) is 17.9. The lowest BCUT2D eigenvalue weighted by Gasteiger charge is -2.16. The fourth-order valence-electron chi connectivity index (χ4n) is 4.06. The Morgan fingerprint density at radius 1 is 0.781 bits per heavy atom. The SMILES string of the molecule is O=C(Nc1ccc(-n2cccc(C(=O)NC3CCCCCC3)c2=O)cc1)c1ccccc1. The molecule has 0 unspecified atom stereocenters. The molecule has 0 aliphatic heterocycles. The highest BCUT2D eigenvalue weighted by Gasteiger charge is 2.18. The molecule has 1 heterocycles. The molecule has 32 heavy (non-hydrogen) atoms. The van der Waals surface area contributed by atoms with Gasteiger partial charge in [-0.25, -0.2) is 0 Å². The number of aromatic nitrogens is 1. The van der Waals surface area contributed by atoms with E-state index >= 15 is 0 Å². The quantitative estimate of drug-likeness (QED) is 0.584. The van der Waals surface area contributed by atoms with Gasteiger partial charge in [0.1, 0.15) is 5.56 Å². The Hall–Kier alpha value is -3.67. The molecule has 2 aromatic carbocycles. The molecular formula is C26H27N3O3. The van der Waals surface area contributed by atoms with Crippen molar-refractivity contribution < 1.29 is 9.59 Å². The Morgan fingerprint density at radius 3 is 2.16 bits per heavy atom. The lowest BCUT2D eigenvalue weighted by Crippen LogP contribution is -2.38. The summed E-state index contributed by atoms with van der Waals surface area (Å²) in [5.41, 5.74) is 1.59. The zero-order valence-corrected chi connectivity index (χ0v) is 17.9. The highest BCUT2D eigenvalue weighted by molar-refractivity contribution is 6.04. The van der Waals surface area contributed by atoms with E-state index in [2.05, 4.69) is 10.6 Å². The molecule has 1 fully saturated rings. The summed E-state index contributed by atoms with van der Waals surface area (Å²) in [6.07, 6.45) is 8.18. The lowest BCUT2D eigenvalue weighted by atomic mass is 10.1. The maximum Gasteiger partial charge on any atom is 0.267 e. The minimum atomic E-state index is -0.361. The second-order valence-corrected chi connectivity index (χ2v) is 8.13. The van der Waals surface area contributed by atoms with Gasteiger partial charge >= 0.3 is 0 Å². The second kappa shape index (κ2) is 10.1. The average Bonchev–Trinajstić information content (AvgIpc) is 3.09. The van der Waals surface area contributed by atoms with Gasteiger partial charge in [0.05, 0.1) is 0 Å². The van der Waals surface area contributed by atoms with Gasteiger partial charge in [-0.3, -0.25) is 19.0 Å². The number of nitrogens with one attached hydrogen (secondary N) is 2. The van der Waals surface area contributed by atoms with Crippen LogP contribution in [0.1, 0.15) is 59.2 Å². The molecule has 0 atom stereocenters. The van der Waals surface area contributed by atoms with Crippen LogP contribution in [-0.2, 0) is 0 Å². The summed E-state index contributed by atoms with van der Waals surface area (Å²) in [6, 6.07) is 19.3. The van der Waals surface area contributed by atoms with Crippen LogP contribution in [0.5, 0.6) is 0 Å². The Balaban J connectivity index is 1.48. The van der Waals surface area contributed by atoms with E-state index in [-0.39, 0.29) is 29.0 Å². The van der Waals surface area contributed by atoms with Gasteiger partial charge in [-0.05, 0) is 61.4 Å². The summed E-state index contributed by atoms with van der Waals surface area (Å²) in [6.45, 7) is 0. The molecule has 1 aromatic heterocycles. The first-order valence-electron chi connectivity index (χ1n) is 11.1. The van der Waals surface area contributed by atoms with E-state index in [9.17, 15) is 14.4 Å². The number of hydrogen-bond donors (Lipinski definition) is 2. The van der Waals surface area contributed by atoms with Crippen molar-refractivity contribution in [3.05, 3.63) is 94.4 Å². The van der Waals surface area contributed by atoms with Crippen LogP contribution in [0.3, 0.4) is 0 Å². The van der Waals surface area contributed by atoms with Crippen molar-refractivity contribution in [2.45, 2.75) is 44.6 Å². The van der Waals surface area contributed by atoms with Crippen LogP contribution >= 0.6 is 0 Å². The lowest BCUT2D eigenvalue weighted by molar-refractivity contribution is 0.0930. The number of amides is 2. The number of rotatable bonds is 5. The van der Waals surface area contributed by atoms with Crippen molar-refractivity contribution in [2.24, 2.45) is 0 Å². The standard InChI is InChI=1S/C26H27N3O3/c30-24(19-9-4-3-5-10-19)27-21-14-16-22(17-15-21)29-18-8-13-23(26(29)32)25(31)28-20-11-6-1-2-7-12-20/h3-5,8-10,13-18,20H,1-2,6-7,11-12H2,(H,27,30)(H,28,31). The monoisotopic (exact) mass is 429 g/mol. The molecule has 164 valence electrons. The van der Waals surface area contributed by atoms with Crippen LogP contribution in [0, 0.1) is 0 Å². The molecule has 0 radical (unpaired) electrons. The summed E-state index contributed by atoms with van der Waals surface area (Å²) in [5, 5.41) is 5.88. The Kier molecular flexibility index (Phi) is 6.80. The molecule has 0 spiro atoms. The van der Waals surface area contributed by atoms with Crippen LogP contribution in [0.15, 0.2) is 77.7 Å². The highest BCUT2D eigenvalue weighted by atomic mass is 16.2. The van der Waals surface area contributed by atoms with Crippen molar-refractivity contribution >= 4 is 17.5 Å². The van der Waals surface area contributed by atoms with Crippen molar-refractivity contribution in [2.75, 3.05) is 5.32 Å².